The number of aliphatic hydroxyl groups excluding tert-OH is 1. The third kappa shape index (κ3) is 4.90. The van der Waals surface area contributed by atoms with Crippen molar-refractivity contribution in [3.8, 4) is 11.6 Å². The number of pyridine rings is 3. The minimum atomic E-state index is -0.701. The number of amides is 2. The number of hydrogen-bond donors (Lipinski definition) is 4. The van der Waals surface area contributed by atoms with Crippen LogP contribution >= 0.6 is 0 Å². The summed E-state index contributed by atoms with van der Waals surface area (Å²) >= 11 is 0. The number of fused-ring (bicyclic) bond motifs is 2. The van der Waals surface area contributed by atoms with E-state index in [1.165, 1.54) is 7.11 Å². The van der Waals surface area contributed by atoms with E-state index in [4.69, 9.17) is 9.47 Å². The number of carbonyl (C=O) groups excluding carboxylic acids is 2. The van der Waals surface area contributed by atoms with Gasteiger partial charge in [-0.05, 0) is 37.0 Å². The van der Waals surface area contributed by atoms with Crippen molar-refractivity contribution in [2.45, 2.75) is 25.5 Å². The van der Waals surface area contributed by atoms with E-state index in [1.54, 1.807) is 24.3 Å². The van der Waals surface area contributed by atoms with Gasteiger partial charge in [-0.25, -0.2) is 14.4 Å². The molecule has 2 aliphatic rings. The van der Waals surface area contributed by atoms with Crippen LogP contribution in [0.15, 0.2) is 30.5 Å². The predicted octanol–water partition coefficient (Wildman–Crippen LogP) is 1.62. The Hall–Kier alpha value is -3.90. The van der Waals surface area contributed by atoms with Gasteiger partial charge in [-0.2, -0.15) is 0 Å². The summed E-state index contributed by atoms with van der Waals surface area (Å²) in [5, 5.41) is 19.1. The summed E-state index contributed by atoms with van der Waals surface area (Å²) in [6.45, 7) is 0.831. The van der Waals surface area contributed by atoms with E-state index in [9.17, 15) is 19.1 Å². The summed E-state index contributed by atoms with van der Waals surface area (Å²) in [7, 11) is 1.45. The van der Waals surface area contributed by atoms with Crippen LogP contribution in [0.2, 0.25) is 0 Å². The highest BCUT2D eigenvalue weighted by Crippen LogP contribution is 2.33. The van der Waals surface area contributed by atoms with Crippen LogP contribution in [0.3, 0.4) is 0 Å². The molecule has 11 nitrogen and oxygen atoms in total. The lowest BCUT2D eigenvalue weighted by atomic mass is 10.0. The van der Waals surface area contributed by atoms with E-state index in [0.29, 0.717) is 42.3 Å². The Kier molecular flexibility index (Phi) is 6.61. The maximum Gasteiger partial charge on any atom is 0.263 e. The van der Waals surface area contributed by atoms with Gasteiger partial charge < -0.3 is 30.5 Å². The first-order chi connectivity index (χ1) is 17.4. The van der Waals surface area contributed by atoms with E-state index >= 15 is 0 Å². The van der Waals surface area contributed by atoms with Crippen molar-refractivity contribution in [3.05, 3.63) is 42.0 Å². The zero-order valence-electron chi connectivity index (χ0n) is 19.5. The van der Waals surface area contributed by atoms with E-state index in [2.05, 4.69) is 30.9 Å². The van der Waals surface area contributed by atoms with Crippen LogP contribution in [-0.2, 0) is 16.1 Å². The van der Waals surface area contributed by atoms with Crippen LogP contribution < -0.4 is 25.4 Å². The van der Waals surface area contributed by atoms with E-state index in [-0.39, 0.29) is 47.8 Å². The van der Waals surface area contributed by atoms with Crippen molar-refractivity contribution in [2.75, 3.05) is 30.9 Å². The Balaban J connectivity index is 1.19. The van der Waals surface area contributed by atoms with Gasteiger partial charge in [0.25, 0.3) is 5.91 Å². The highest BCUT2D eigenvalue weighted by molar-refractivity contribution is 6.00. The molecule has 0 radical (unpaired) electrons. The first kappa shape index (κ1) is 23.8. The molecule has 2 amide bonds. The van der Waals surface area contributed by atoms with Gasteiger partial charge in [0.15, 0.2) is 24.0 Å². The molecule has 4 heterocycles. The molecule has 1 aliphatic carbocycles. The highest BCUT2D eigenvalue weighted by atomic mass is 19.1. The number of aliphatic hydroxyl groups is 1. The number of aromatic nitrogens is 3. The smallest absolute Gasteiger partial charge is 0.263 e. The van der Waals surface area contributed by atoms with Gasteiger partial charge in [-0.3, -0.25) is 14.6 Å². The topological polar surface area (TPSA) is 148 Å². The molecule has 5 rings (SSSR count). The maximum absolute atomic E-state index is 14.6. The average Bonchev–Trinajstić information content (AvgIpc) is 3.25. The Bertz CT molecular complexity index is 1320. The number of nitrogens with one attached hydrogen (secondary N) is 3. The van der Waals surface area contributed by atoms with Crippen molar-refractivity contribution in [2.24, 2.45) is 11.8 Å². The monoisotopic (exact) mass is 496 g/mol. The van der Waals surface area contributed by atoms with Gasteiger partial charge in [-0.1, -0.05) is 0 Å². The molecule has 4 N–H and O–H groups in total. The van der Waals surface area contributed by atoms with Crippen molar-refractivity contribution < 1.29 is 28.6 Å². The quantitative estimate of drug-likeness (QED) is 0.383. The number of halogens is 1. The average molecular weight is 496 g/mol. The second kappa shape index (κ2) is 9.99. The molecular formula is C24H25FN6O5. The van der Waals surface area contributed by atoms with Crippen LogP contribution in [0.25, 0.3) is 11.0 Å². The second-order valence-corrected chi connectivity index (χ2v) is 8.80. The second-order valence-electron chi connectivity index (χ2n) is 8.80. The molecule has 1 unspecified atom stereocenters. The SMILES string of the molecule is COc1ccc2ncc(F)c(NC(=O)[C@@H]3CC(O)[C@@H](CNCc4ccc5c(n4)NC(=O)CO5)C3)c2n1. The summed E-state index contributed by atoms with van der Waals surface area (Å²) in [5.41, 5.74) is 1.25. The van der Waals surface area contributed by atoms with Gasteiger partial charge in [0, 0.05) is 25.1 Å². The van der Waals surface area contributed by atoms with E-state index in [0.717, 1.165) is 6.20 Å². The number of hydrogen-bond acceptors (Lipinski definition) is 9. The van der Waals surface area contributed by atoms with Crippen molar-refractivity contribution in [3.63, 3.8) is 0 Å². The fourth-order valence-corrected chi connectivity index (χ4v) is 4.51. The first-order valence-corrected chi connectivity index (χ1v) is 11.5. The molecule has 1 fully saturated rings. The number of anilines is 2. The first-order valence-electron chi connectivity index (χ1n) is 11.5. The zero-order chi connectivity index (χ0) is 25.2. The number of rotatable bonds is 7. The van der Waals surface area contributed by atoms with Crippen LogP contribution in [0.5, 0.6) is 11.6 Å². The summed E-state index contributed by atoms with van der Waals surface area (Å²) in [6, 6.07) is 6.78. The molecule has 3 aromatic rings. The van der Waals surface area contributed by atoms with Crippen LogP contribution in [-0.4, -0.2) is 58.2 Å². The normalized spacial score (nSPS) is 21.0. The molecular weight excluding hydrogens is 471 g/mol. The number of methoxy groups -OCH3 is 1. The molecule has 12 heteroatoms. The summed E-state index contributed by atoms with van der Waals surface area (Å²) in [5.74, 6) is -0.832. The van der Waals surface area contributed by atoms with Gasteiger partial charge >= 0.3 is 0 Å². The molecule has 1 aliphatic heterocycles. The summed E-state index contributed by atoms with van der Waals surface area (Å²) in [6.07, 6.45) is 1.05. The Morgan fingerprint density at radius 3 is 2.97 bits per heavy atom. The molecule has 36 heavy (non-hydrogen) atoms. The summed E-state index contributed by atoms with van der Waals surface area (Å²) in [4.78, 5) is 37.1. The van der Waals surface area contributed by atoms with Crippen LogP contribution in [0, 0.1) is 17.7 Å². The third-order valence-electron chi connectivity index (χ3n) is 6.37. The number of carbonyl (C=O) groups is 2. The Labute approximate surface area is 205 Å². The fraction of sp³-hybridized carbons (Fsp3) is 0.375. The van der Waals surface area contributed by atoms with Gasteiger partial charge in [-0.15, -0.1) is 0 Å². The largest absolute Gasteiger partial charge is 0.481 e. The standard InChI is InChI=1S/C24H25FN6O5/c1-35-20-5-3-16-22(30-20)21(15(25)10-27-16)31-24(34)12-6-13(17(32)7-12)8-26-9-14-2-4-18-23(28-14)29-19(33)11-36-18/h2-5,10,12-13,17,26,32H,6-9,11H2,1H3,(H,27,31,34)(H,28,29,33)/t12-,13+,17?/m0/s1. The molecule has 0 saturated heterocycles. The molecule has 3 atom stereocenters. The summed E-state index contributed by atoms with van der Waals surface area (Å²) < 4.78 is 25.0. The fourth-order valence-electron chi connectivity index (χ4n) is 4.51. The van der Waals surface area contributed by atoms with Crippen molar-refractivity contribution >= 4 is 34.4 Å². The highest BCUT2D eigenvalue weighted by Gasteiger charge is 2.37. The van der Waals surface area contributed by atoms with Crippen molar-refractivity contribution in [1.29, 1.82) is 0 Å². The van der Waals surface area contributed by atoms with Crippen LogP contribution in [0.4, 0.5) is 15.9 Å². The van der Waals surface area contributed by atoms with Gasteiger partial charge in [0.1, 0.15) is 11.2 Å². The maximum atomic E-state index is 14.6. The number of ether oxygens (including phenoxy) is 2. The molecule has 188 valence electrons. The molecule has 0 bridgehead atoms. The molecule has 3 aromatic heterocycles. The molecule has 0 spiro atoms. The minimum Gasteiger partial charge on any atom is -0.481 e. The van der Waals surface area contributed by atoms with Crippen LogP contribution in [0.1, 0.15) is 18.5 Å². The lowest BCUT2D eigenvalue weighted by molar-refractivity contribution is -0.120. The minimum absolute atomic E-state index is 0.0324. The molecule has 0 aromatic carbocycles. The van der Waals surface area contributed by atoms with E-state index < -0.39 is 17.8 Å². The Morgan fingerprint density at radius 1 is 1.28 bits per heavy atom. The van der Waals surface area contributed by atoms with E-state index in [1.807, 2.05) is 0 Å². The number of nitrogens with zero attached hydrogens (tertiary/aromatic N) is 3. The lowest BCUT2D eigenvalue weighted by Crippen LogP contribution is -2.29. The van der Waals surface area contributed by atoms with Crippen molar-refractivity contribution in [1.82, 2.24) is 20.3 Å². The van der Waals surface area contributed by atoms with Gasteiger partial charge in [0.05, 0.1) is 30.6 Å². The third-order valence-corrected chi connectivity index (χ3v) is 6.37. The lowest BCUT2D eigenvalue weighted by Gasteiger charge is -2.18. The molecule has 1 saturated carbocycles. The van der Waals surface area contributed by atoms with Gasteiger partial charge in [0.2, 0.25) is 11.8 Å². The zero-order valence-corrected chi connectivity index (χ0v) is 19.5. The Morgan fingerprint density at radius 2 is 2.14 bits per heavy atom. The predicted molar refractivity (Wildman–Crippen MR) is 127 cm³/mol.